The van der Waals surface area contributed by atoms with E-state index in [1.165, 1.54) is 19.9 Å². The first-order chi connectivity index (χ1) is 11.1. The van der Waals surface area contributed by atoms with Crippen LogP contribution < -0.4 is 10.0 Å². The van der Waals surface area contributed by atoms with E-state index in [2.05, 4.69) is 20.0 Å². The summed E-state index contributed by atoms with van der Waals surface area (Å²) in [6.07, 6.45) is 4.12. The molecule has 1 aromatic carbocycles. The van der Waals surface area contributed by atoms with Gasteiger partial charge in [-0.3, -0.25) is 0 Å². The molecule has 1 aliphatic carbocycles. The standard InChI is InChI=1S/C16H20N4O2S/c1-17-23(21,22)11-13-4-2-3-12(9-13)10-19-15-7-8-18-16(20-15)14-5-6-14/h2-4,7-9,14,17H,5-6,10-11H2,1H3,(H,18,19,20). The Morgan fingerprint density at radius 1 is 1.22 bits per heavy atom. The van der Waals surface area contributed by atoms with Crippen LogP contribution in [-0.2, 0) is 22.3 Å². The van der Waals surface area contributed by atoms with Crippen molar-refractivity contribution in [3.63, 3.8) is 0 Å². The monoisotopic (exact) mass is 332 g/mol. The Morgan fingerprint density at radius 2 is 2.00 bits per heavy atom. The number of aromatic nitrogens is 2. The number of hydrogen-bond donors (Lipinski definition) is 2. The largest absolute Gasteiger partial charge is 0.366 e. The zero-order valence-electron chi connectivity index (χ0n) is 13.0. The second-order valence-electron chi connectivity index (χ2n) is 5.71. The van der Waals surface area contributed by atoms with Gasteiger partial charge >= 0.3 is 0 Å². The van der Waals surface area contributed by atoms with Crippen LogP contribution in [0.15, 0.2) is 36.5 Å². The molecule has 1 heterocycles. The van der Waals surface area contributed by atoms with Gasteiger partial charge in [0.2, 0.25) is 10.0 Å². The van der Waals surface area contributed by atoms with Crippen molar-refractivity contribution < 1.29 is 8.42 Å². The zero-order chi connectivity index (χ0) is 16.3. The van der Waals surface area contributed by atoms with Crippen molar-refractivity contribution in [3.8, 4) is 0 Å². The molecule has 0 saturated heterocycles. The SMILES string of the molecule is CNS(=O)(=O)Cc1cccc(CNc2ccnc(C3CC3)n2)c1. The topological polar surface area (TPSA) is 84.0 Å². The Morgan fingerprint density at radius 3 is 2.74 bits per heavy atom. The van der Waals surface area contributed by atoms with Gasteiger partial charge in [-0.25, -0.2) is 23.1 Å². The smallest absolute Gasteiger partial charge is 0.215 e. The molecule has 6 nitrogen and oxygen atoms in total. The summed E-state index contributed by atoms with van der Waals surface area (Å²) in [5.41, 5.74) is 1.78. The number of nitrogens with one attached hydrogen (secondary N) is 2. The van der Waals surface area contributed by atoms with E-state index < -0.39 is 10.0 Å². The van der Waals surface area contributed by atoms with E-state index in [9.17, 15) is 8.42 Å². The van der Waals surface area contributed by atoms with E-state index in [1.54, 1.807) is 6.20 Å². The number of benzene rings is 1. The lowest BCUT2D eigenvalue weighted by atomic mass is 10.1. The summed E-state index contributed by atoms with van der Waals surface area (Å²) in [5.74, 6) is 2.21. The van der Waals surface area contributed by atoms with Gasteiger partial charge in [0.1, 0.15) is 11.6 Å². The van der Waals surface area contributed by atoms with Crippen LogP contribution >= 0.6 is 0 Å². The highest BCUT2D eigenvalue weighted by atomic mass is 32.2. The Hall–Kier alpha value is -1.99. The minimum absolute atomic E-state index is 0.0172. The van der Waals surface area contributed by atoms with Crippen LogP contribution in [0.25, 0.3) is 0 Å². The van der Waals surface area contributed by atoms with E-state index in [0.29, 0.717) is 12.5 Å². The fourth-order valence-electron chi connectivity index (χ4n) is 2.32. The highest BCUT2D eigenvalue weighted by Gasteiger charge is 2.26. The lowest BCUT2D eigenvalue weighted by Gasteiger charge is -2.09. The van der Waals surface area contributed by atoms with Gasteiger partial charge in [0.05, 0.1) is 5.75 Å². The summed E-state index contributed by atoms with van der Waals surface area (Å²) in [6.45, 7) is 0.592. The third-order valence-electron chi connectivity index (χ3n) is 3.75. The van der Waals surface area contributed by atoms with Crippen LogP contribution in [0.4, 0.5) is 5.82 Å². The van der Waals surface area contributed by atoms with Crippen molar-refractivity contribution in [1.82, 2.24) is 14.7 Å². The average Bonchev–Trinajstić information content (AvgIpc) is 3.38. The Kier molecular flexibility index (Phi) is 4.58. The van der Waals surface area contributed by atoms with Crippen LogP contribution in [0.3, 0.4) is 0 Å². The van der Waals surface area contributed by atoms with E-state index in [-0.39, 0.29) is 5.75 Å². The molecule has 0 unspecified atom stereocenters. The first-order valence-electron chi connectivity index (χ1n) is 7.61. The van der Waals surface area contributed by atoms with Crippen molar-refractivity contribution in [2.45, 2.75) is 31.1 Å². The van der Waals surface area contributed by atoms with Gasteiger partial charge in [0.25, 0.3) is 0 Å². The maximum Gasteiger partial charge on any atom is 0.215 e. The van der Waals surface area contributed by atoms with E-state index in [0.717, 1.165) is 22.8 Å². The predicted octanol–water partition coefficient (Wildman–Crippen LogP) is 2.02. The number of sulfonamides is 1. The fourth-order valence-corrected chi connectivity index (χ4v) is 3.09. The number of anilines is 1. The van der Waals surface area contributed by atoms with Crippen molar-refractivity contribution >= 4 is 15.8 Å². The van der Waals surface area contributed by atoms with Crippen LogP contribution in [0.2, 0.25) is 0 Å². The molecule has 0 atom stereocenters. The summed E-state index contributed by atoms with van der Waals surface area (Å²) in [6, 6.07) is 9.39. The third-order valence-corrected chi connectivity index (χ3v) is 5.08. The minimum atomic E-state index is -3.26. The van der Waals surface area contributed by atoms with Crippen molar-refractivity contribution in [2.24, 2.45) is 0 Å². The van der Waals surface area contributed by atoms with Gasteiger partial charge < -0.3 is 5.32 Å². The molecule has 1 fully saturated rings. The van der Waals surface area contributed by atoms with Gasteiger partial charge in [-0.05, 0) is 37.1 Å². The maximum atomic E-state index is 11.6. The van der Waals surface area contributed by atoms with Crippen LogP contribution in [0.1, 0.15) is 35.7 Å². The number of rotatable bonds is 7. The van der Waals surface area contributed by atoms with E-state index in [1.807, 2.05) is 30.3 Å². The summed E-state index contributed by atoms with van der Waals surface area (Å²) < 4.78 is 25.6. The minimum Gasteiger partial charge on any atom is -0.366 e. The highest BCUT2D eigenvalue weighted by Crippen LogP contribution is 2.38. The quantitative estimate of drug-likeness (QED) is 0.810. The maximum absolute atomic E-state index is 11.6. The molecule has 122 valence electrons. The number of hydrogen-bond acceptors (Lipinski definition) is 5. The molecule has 2 N–H and O–H groups in total. The van der Waals surface area contributed by atoms with Gasteiger partial charge in [-0.1, -0.05) is 24.3 Å². The second-order valence-corrected chi connectivity index (χ2v) is 7.64. The molecule has 1 aromatic heterocycles. The first kappa shape index (κ1) is 15.9. The molecule has 0 spiro atoms. The van der Waals surface area contributed by atoms with E-state index >= 15 is 0 Å². The first-order valence-corrected chi connectivity index (χ1v) is 9.27. The molecule has 1 aliphatic rings. The van der Waals surface area contributed by atoms with Gasteiger partial charge in [0, 0.05) is 18.7 Å². The normalized spacial score (nSPS) is 14.7. The van der Waals surface area contributed by atoms with E-state index in [4.69, 9.17) is 0 Å². The molecule has 1 saturated carbocycles. The summed E-state index contributed by atoms with van der Waals surface area (Å²) in [5, 5.41) is 3.27. The molecule has 0 bridgehead atoms. The molecular formula is C16H20N4O2S. The molecule has 3 rings (SSSR count). The fraction of sp³-hybridized carbons (Fsp3) is 0.375. The third kappa shape index (κ3) is 4.49. The summed E-state index contributed by atoms with van der Waals surface area (Å²) in [4.78, 5) is 8.81. The van der Waals surface area contributed by atoms with Crippen molar-refractivity contribution in [1.29, 1.82) is 0 Å². The molecule has 0 amide bonds. The van der Waals surface area contributed by atoms with Gasteiger partial charge in [-0.15, -0.1) is 0 Å². The van der Waals surface area contributed by atoms with Crippen LogP contribution in [0.5, 0.6) is 0 Å². The lowest BCUT2D eigenvalue weighted by molar-refractivity contribution is 0.587. The highest BCUT2D eigenvalue weighted by molar-refractivity contribution is 7.88. The molecular weight excluding hydrogens is 312 g/mol. The molecule has 2 aromatic rings. The molecule has 23 heavy (non-hydrogen) atoms. The Labute approximate surface area is 136 Å². The average molecular weight is 332 g/mol. The predicted molar refractivity (Wildman–Crippen MR) is 89.5 cm³/mol. The summed E-state index contributed by atoms with van der Waals surface area (Å²) >= 11 is 0. The lowest BCUT2D eigenvalue weighted by Crippen LogP contribution is -2.20. The molecule has 0 aliphatic heterocycles. The van der Waals surface area contributed by atoms with Crippen LogP contribution in [0, 0.1) is 0 Å². The Bertz CT molecular complexity index is 788. The second kappa shape index (κ2) is 6.64. The molecule has 0 radical (unpaired) electrons. The molecule has 7 heteroatoms. The summed E-state index contributed by atoms with van der Waals surface area (Å²) in [7, 11) is -1.83. The van der Waals surface area contributed by atoms with Gasteiger partial charge in [-0.2, -0.15) is 0 Å². The van der Waals surface area contributed by atoms with Crippen LogP contribution in [-0.4, -0.2) is 25.4 Å². The zero-order valence-corrected chi connectivity index (χ0v) is 13.8. The van der Waals surface area contributed by atoms with Crippen molar-refractivity contribution in [3.05, 3.63) is 53.5 Å². The van der Waals surface area contributed by atoms with Gasteiger partial charge in [0.15, 0.2) is 0 Å². The Balaban J connectivity index is 1.65. The number of nitrogens with zero attached hydrogens (tertiary/aromatic N) is 2. The van der Waals surface area contributed by atoms with Crippen molar-refractivity contribution in [2.75, 3.05) is 12.4 Å².